The Morgan fingerprint density at radius 3 is 2.65 bits per heavy atom. The Hall–Kier alpha value is -3.20. The first-order valence-electron chi connectivity index (χ1n) is 13.1. The van der Waals surface area contributed by atoms with E-state index in [0.29, 0.717) is 63.7 Å². The molecule has 1 atom stereocenters. The van der Waals surface area contributed by atoms with Crippen molar-refractivity contribution in [2.45, 2.75) is 44.0 Å². The molecule has 0 saturated heterocycles. The van der Waals surface area contributed by atoms with Crippen LogP contribution < -0.4 is 24.4 Å². The van der Waals surface area contributed by atoms with Gasteiger partial charge in [0.15, 0.2) is 26.5 Å². The summed E-state index contributed by atoms with van der Waals surface area (Å²) < 4.78 is 26.0. The molecule has 224 valence electrons. The van der Waals surface area contributed by atoms with E-state index >= 15 is 0 Å². The Kier molecular flexibility index (Phi) is 9.59. The first kappa shape index (κ1) is 31.2. The van der Waals surface area contributed by atoms with Crippen molar-refractivity contribution in [2.24, 2.45) is 4.99 Å². The Morgan fingerprint density at radius 1 is 1.16 bits per heavy atom. The Bertz CT molecular complexity index is 1930. The van der Waals surface area contributed by atoms with Gasteiger partial charge in [0.2, 0.25) is 0 Å². The zero-order valence-corrected chi connectivity index (χ0v) is 28.6. The standard InChI is InChI=1S/C29H26Br2N4O6S2/c1-6-39-21-12-17(18(30)13-20(21)38-5)24-23(26(37)40-7-2)15(4)34-29-35(24)25(36)22(42-29)11-16-10-19(31)27(41-16)43-28-32-9-8-14(3)33-28/h8-13,24H,6-7H2,1-5H3/b22-11+/t24-/m0/s1. The highest BCUT2D eigenvalue weighted by atomic mass is 79.9. The number of allylic oxidation sites excluding steroid dienone is 1. The fourth-order valence-corrected chi connectivity index (χ4v) is 7.35. The number of thiazole rings is 1. The third-order valence-electron chi connectivity index (χ3n) is 6.30. The van der Waals surface area contributed by atoms with E-state index in [4.69, 9.17) is 18.6 Å². The Balaban J connectivity index is 1.65. The van der Waals surface area contributed by atoms with E-state index in [9.17, 15) is 9.59 Å². The molecule has 4 heterocycles. The summed E-state index contributed by atoms with van der Waals surface area (Å²) in [5.41, 5.74) is 1.82. The quantitative estimate of drug-likeness (QED) is 0.160. The predicted octanol–water partition coefficient (Wildman–Crippen LogP) is 5.57. The fourth-order valence-electron chi connectivity index (χ4n) is 4.47. The van der Waals surface area contributed by atoms with Gasteiger partial charge in [0.25, 0.3) is 5.56 Å². The van der Waals surface area contributed by atoms with E-state index in [1.54, 1.807) is 51.4 Å². The summed E-state index contributed by atoms with van der Waals surface area (Å²) in [6, 6.07) is 6.28. The molecular formula is C29H26Br2N4O6S2. The van der Waals surface area contributed by atoms with E-state index < -0.39 is 12.0 Å². The highest BCUT2D eigenvalue weighted by Crippen LogP contribution is 2.41. The third kappa shape index (κ3) is 6.37. The number of carbonyl (C=O) groups excluding carboxylic acids is 1. The summed E-state index contributed by atoms with van der Waals surface area (Å²) in [5, 5.41) is 1.09. The predicted molar refractivity (Wildman–Crippen MR) is 170 cm³/mol. The van der Waals surface area contributed by atoms with Crippen LogP contribution >= 0.6 is 55.0 Å². The van der Waals surface area contributed by atoms with Gasteiger partial charge in [-0.1, -0.05) is 27.3 Å². The van der Waals surface area contributed by atoms with Gasteiger partial charge >= 0.3 is 5.97 Å². The molecule has 0 amide bonds. The van der Waals surface area contributed by atoms with Crippen molar-refractivity contribution >= 4 is 67.0 Å². The highest BCUT2D eigenvalue weighted by Gasteiger charge is 2.35. The van der Waals surface area contributed by atoms with Crippen LogP contribution in [0.25, 0.3) is 6.08 Å². The molecule has 0 radical (unpaired) electrons. The van der Waals surface area contributed by atoms with Crippen LogP contribution in [-0.4, -0.2) is 40.8 Å². The maximum atomic E-state index is 14.1. The summed E-state index contributed by atoms with van der Waals surface area (Å²) in [6.07, 6.45) is 3.34. The topological polar surface area (TPSA) is 118 Å². The van der Waals surface area contributed by atoms with Crippen molar-refractivity contribution in [1.82, 2.24) is 14.5 Å². The van der Waals surface area contributed by atoms with Crippen LogP contribution in [0, 0.1) is 6.92 Å². The van der Waals surface area contributed by atoms with Crippen molar-refractivity contribution in [3.63, 3.8) is 0 Å². The van der Waals surface area contributed by atoms with Gasteiger partial charge in [-0.3, -0.25) is 9.36 Å². The molecule has 0 fully saturated rings. The van der Waals surface area contributed by atoms with Crippen LogP contribution in [0.4, 0.5) is 0 Å². The van der Waals surface area contributed by atoms with Gasteiger partial charge in [-0.25, -0.2) is 19.8 Å². The molecule has 0 spiro atoms. The number of hydrogen-bond acceptors (Lipinski definition) is 11. The maximum Gasteiger partial charge on any atom is 0.338 e. The average molecular weight is 750 g/mol. The van der Waals surface area contributed by atoms with Crippen molar-refractivity contribution < 1.29 is 23.4 Å². The molecule has 0 aliphatic carbocycles. The van der Waals surface area contributed by atoms with Crippen molar-refractivity contribution in [3.05, 3.63) is 87.4 Å². The molecule has 10 nitrogen and oxygen atoms in total. The normalized spacial score (nSPS) is 14.9. The van der Waals surface area contributed by atoms with Gasteiger partial charge in [0.05, 0.1) is 46.6 Å². The number of fused-ring (bicyclic) bond motifs is 1. The molecule has 1 aliphatic rings. The van der Waals surface area contributed by atoms with Crippen LogP contribution in [0.3, 0.4) is 0 Å². The van der Waals surface area contributed by atoms with E-state index in [-0.39, 0.29) is 17.7 Å². The molecule has 4 aromatic rings. The lowest BCUT2D eigenvalue weighted by Crippen LogP contribution is -2.40. The summed E-state index contributed by atoms with van der Waals surface area (Å²) >= 11 is 9.63. The van der Waals surface area contributed by atoms with Gasteiger partial charge < -0.3 is 18.6 Å². The number of aryl methyl sites for hydroxylation is 1. The summed E-state index contributed by atoms with van der Waals surface area (Å²) in [5.74, 6) is 0.885. The zero-order valence-electron chi connectivity index (χ0n) is 23.8. The van der Waals surface area contributed by atoms with Gasteiger partial charge in [0, 0.05) is 22.4 Å². The van der Waals surface area contributed by atoms with Crippen LogP contribution in [0.15, 0.2) is 75.1 Å². The minimum absolute atomic E-state index is 0.169. The number of ether oxygens (including phenoxy) is 3. The minimum Gasteiger partial charge on any atom is -0.493 e. The molecule has 0 N–H and O–H groups in total. The zero-order chi connectivity index (χ0) is 30.8. The third-order valence-corrected chi connectivity index (χ3v) is 9.69. The molecular weight excluding hydrogens is 724 g/mol. The number of aromatic nitrogens is 3. The molecule has 0 unspecified atom stereocenters. The minimum atomic E-state index is -0.843. The number of furan rings is 1. The van der Waals surface area contributed by atoms with Gasteiger partial charge in [-0.05, 0) is 85.2 Å². The molecule has 3 aromatic heterocycles. The Labute approximate surface area is 271 Å². The number of nitrogens with zero attached hydrogens (tertiary/aromatic N) is 4. The molecule has 1 aromatic carbocycles. The highest BCUT2D eigenvalue weighted by molar-refractivity contribution is 9.10. The van der Waals surface area contributed by atoms with Gasteiger partial charge in [-0.15, -0.1) is 0 Å². The first-order chi connectivity index (χ1) is 20.6. The molecule has 1 aliphatic heterocycles. The van der Waals surface area contributed by atoms with Crippen LogP contribution in [0.1, 0.15) is 43.8 Å². The molecule has 43 heavy (non-hydrogen) atoms. The van der Waals surface area contributed by atoms with Crippen LogP contribution in [0.5, 0.6) is 11.5 Å². The number of methoxy groups -OCH3 is 1. The lowest BCUT2D eigenvalue weighted by atomic mass is 9.95. The molecule has 0 saturated carbocycles. The van der Waals surface area contributed by atoms with E-state index in [1.807, 2.05) is 19.9 Å². The summed E-state index contributed by atoms with van der Waals surface area (Å²) in [7, 11) is 1.55. The van der Waals surface area contributed by atoms with E-state index in [0.717, 1.165) is 5.69 Å². The number of halogens is 2. The summed E-state index contributed by atoms with van der Waals surface area (Å²) in [4.78, 5) is 41.1. The van der Waals surface area contributed by atoms with Crippen molar-refractivity contribution in [3.8, 4) is 11.5 Å². The van der Waals surface area contributed by atoms with Crippen molar-refractivity contribution in [2.75, 3.05) is 20.3 Å². The summed E-state index contributed by atoms with van der Waals surface area (Å²) in [6.45, 7) is 7.78. The smallest absolute Gasteiger partial charge is 0.338 e. The van der Waals surface area contributed by atoms with E-state index in [1.165, 1.54) is 27.7 Å². The monoisotopic (exact) mass is 748 g/mol. The second-order valence-corrected chi connectivity index (χ2v) is 12.8. The van der Waals surface area contributed by atoms with E-state index in [2.05, 4.69) is 46.8 Å². The van der Waals surface area contributed by atoms with Crippen LogP contribution in [0.2, 0.25) is 0 Å². The Morgan fingerprint density at radius 2 is 1.95 bits per heavy atom. The lowest BCUT2D eigenvalue weighted by molar-refractivity contribution is -0.139. The number of carbonyl (C=O) groups is 1. The van der Waals surface area contributed by atoms with Gasteiger partial charge in [-0.2, -0.15) is 0 Å². The number of rotatable bonds is 9. The first-order valence-corrected chi connectivity index (χ1v) is 16.3. The number of hydrogen-bond donors (Lipinski definition) is 0. The lowest BCUT2D eigenvalue weighted by Gasteiger charge is -2.26. The number of benzene rings is 1. The largest absolute Gasteiger partial charge is 0.493 e. The number of esters is 1. The fraction of sp³-hybridized carbons (Fsp3) is 0.276. The maximum absolute atomic E-state index is 14.1. The van der Waals surface area contributed by atoms with Crippen LogP contribution in [-0.2, 0) is 9.53 Å². The average Bonchev–Trinajstić information content (AvgIpc) is 3.46. The second kappa shape index (κ2) is 13.2. The molecule has 5 rings (SSSR count). The van der Waals surface area contributed by atoms with Gasteiger partial charge in [0.1, 0.15) is 5.76 Å². The SMILES string of the molecule is CCOC(=O)C1=C(C)N=c2s/c(=C/c3cc(Br)c(Sc4nccc(C)n4)o3)c(=O)n2[C@H]1c1cc(OCC)c(OC)cc1Br. The molecule has 14 heteroatoms. The van der Waals surface area contributed by atoms with Crippen molar-refractivity contribution in [1.29, 1.82) is 0 Å². The molecule has 0 bridgehead atoms. The second-order valence-electron chi connectivity index (χ2n) is 9.13.